The number of halogens is 4. The summed E-state index contributed by atoms with van der Waals surface area (Å²) >= 11 is 6.93. The molecule has 0 aliphatic carbocycles. The third-order valence-corrected chi connectivity index (χ3v) is 6.55. The molecule has 0 radical (unpaired) electrons. The Morgan fingerprint density at radius 3 is 2.86 bits per heavy atom. The summed E-state index contributed by atoms with van der Waals surface area (Å²) < 4.78 is 45.2. The van der Waals surface area contributed by atoms with E-state index in [1.165, 1.54) is 30.7 Å². The van der Waals surface area contributed by atoms with Gasteiger partial charge in [0.1, 0.15) is 21.6 Å². The molecule has 0 spiro atoms. The smallest absolute Gasteiger partial charge is 0.214 e. The van der Waals surface area contributed by atoms with Crippen molar-refractivity contribution in [2.75, 3.05) is 29.3 Å². The Morgan fingerprint density at radius 1 is 1.25 bits per heavy atom. The monoisotopic (exact) mass is 428 g/mol. The molecular formula is C19H20ClF3N4S. The summed E-state index contributed by atoms with van der Waals surface area (Å²) in [7, 11) is 0. The molecule has 2 saturated heterocycles. The van der Waals surface area contributed by atoms with E-state index in [-0.39, 0.29) is 15.7 Å². The Hall–Kier alpha value is -1.64. The van der Waals surface area contributed by atoms with Crippen molar-refractivity contribution in [3.8, 4) is 0 Å². The Labute approximate surface area is 171 Å². The van der Waals surface area contributed by atoms with Crippen LogP contribution in [0.25, 0.3) is 0 Å². The number of benzene rings is 1. The molecule has 0 bridgehead atoms. The molecule has 4 rings (SSSR count). The molecule has 2 aromatic rings. The fourth-order valence-electron chi connectivity index (χ4n) is 3.91. The van der Waals surface area contributed by atoms with Crippen LogP contribution in [0.15, 0.2) is 29.2 Å². The molecule has 150 valence electrons. The lowest BCUT2D eigenvalue weighted by Crippen LogP contribution is -2.32. The van der Waals surface area contributed by atoms with Crippen molar-refractivity contribution in [3.05, 3.63) is 46.9 Å². The van der Waals surface area contributed by atoms with E-state index in [1.807, 2.05) is 4.90 Å². The molecule has 2 aliphatic rings. The average Bonchev–Trinajstić information content (AvgIpc) is 3.36. The third-order valence-electron chi connectivity index (χ3n) is 5.30. The molecule has 1 aromatic carbocycles. The summed E-state index contributed by atoms with van der Waals surface area (Å²) in [6.07, 6.45) is 3.29. The Bertz CT molecular complexity index is 863. The van der Waals surface area contributed by atoms with Crippen LogP contribution in [0.4, 0.5) is 24.7 Å². The van der Waals surface area contributed by atoms with Crippen LogP contribution in [0.2, 0.25) is 5.02 Å². The normalized spacial score (nSPS) is 22.1. The van der Waals surface area contributed by atoms with Crippen molar-refractivity contribution in [2.24, 2.45) is 5.92 Å². The summed E-state index contributed by atoms with van der Waals surface area (Å²) in [6.45, 7) is 2.48. The van der Waals surface area contributed by atoms with Crippen LogP contribution in [0.5, 0.6) is 0 Å². The number of aromatic nitrogens is 1. The van der Waals surface area contributed by atoms with Crippen molar-refractivity contribution in [1.29, 1.82) is 0 Å². The van der Waals surface area contributed by atoms with Crippen molar-refractivity contribution in [2.45, 2.75) is 30.2 Å². The minimum absolute atomic E-state index is 0.0991. The van der Waals surface area contributed by atoms with Crippen LogP contribution < -0.4 is 14.9 Å². The Kier molecular flexibility index (Phi) is 5.89. The summed E-state index contributed by atoms with van der Waals surface area (Å²) in [4.78, 5) is 5.29. The van der Waals surface area contributed by atoms with E-state index in [0.717, 1.165) is 32.5 Å². The van der Waals surface area contributed by atoms with E-state index in [2.05, 4.69) is 15.0 Å². The summed E-state index contributed by atoms with van der Waals surface area (Å²) in [5, 5.41) is 3.40. The molecule has 2 fully saturated rings. The standard InChI is InChI=1S/C19H20ClF3N4S/c20-17-14(27-8-6-11(10-27)13-3-2-7-24-13)9-12(21)19(18(17)23)28-26-16-5-1-4-15(22)25-16/h1,4-5,9,11,13,24H,2-3,6-8,10H2,(H,25,26). The highest BCUT2D eigenvalue weighted by Crippen LogP contribution is 2.39. The van der Waals surface area contributed by atoms with E-state index in [1.54, 1.807) is 0 Å². The lowest BCUT2D eigenvalue weighted by atomic mass is 9.98. The highest BCUT2D eigenvalue weighted by Gasteiger charge is 2.33. The Balaban J connectivity index is 1.49. The first-order valence-electron chi connectivity index (χ1n) is 9.24. The van der Waals surface area contributed by atoms with Gasteiger partial charge in [-0.05, 0) is 55.8 Å². The zero-order valence-electron chi connectivity index (χ0n) is 15.0. The van der Waals surface area contributed by atoms with E-state index >= 15 is 0 Å². The molecule has 28 heavy (non-hydrogen) atoms. The molecule has 2 aliphatic heterocycles. The fraction of sp³-hybridized carbons (Fsp3) is 0.421. The maximum atomic E-state index is 14.8. The van der Waals surface area contributed by atoms with Gasteiger partial charge in [0.15, 0.2) is 5.82 Å². The zero-order valence-corrected chi connectivity index (χ0v) is 16.6. The first-order chi connectivity index (χ1) is 13.5. The van der Waals surface area contributed by atoms with Crippen molar-refractivity contribution >= 4 is 35.1 Å². The van der Waals surface area contributed by atoms with Gasteiger partial charge in [0, 0.05) is 25.2 Å². The van der Waals surface area contributed by atoms with Crippen LogP contribution in [-0.4, -0.2) is 30.7 Å². The molecular weight excluding hydrogens is 409 g/mol. The van der Waals surface area contributed by atoms with Gasteiger partial charge >= 0.3 is 0 Å². The average molecular weight is 429 g/mol. The predicted molar refractivity (Wildman–Crippen MR) is 106 cm³/mol. The SMILES string of the molecule is Fc1cccc(NSc2c(F)cc(N3CCC(C4CCCN4)C3)c(Cl)c2F)n1. The number of pyridine rings is 1. The van der Waals surface area contributed by atoms with Crippen LogP contribution in [-0.2, 0) is 0 Å². The van der Waals surface area contributed by atoms with Crippen LogP contribution in [0.1, 0.15) is 19.3 Å². The van der Waals surface area contributed by atoms with Gasteiger partial charge in [-0.25, -0.2) is 13.8 Å². The maximum absolute atomic E-state index is 14.8. The number of nitrogens with zero attached hydrogens (tertiary/aromatic N) is 2. The van der Waals surface area contributed by atoms with Gasteiger partial charge in [-0.3, -0.25) is 0 Å². The van der Waals surface area contributed by atoms with Crippen molar-refractivity contribution in [1.82, 2.24) is 10.3 Å². The van der Waals surface area contributed by atoms with Gasteiger partial charge in [-0.2, -0.15) is 4.39 Å². The van der Waals surface area contributed by atoms with E-state index in [0.29, 0.717) is 29.6 Å². The molecule has 1 aromatic heterocycles. The highest BCUT2D eigenvalue weighted by molar-refractivity contribution is 8.00. The van der Waals surface area contributed by atoms with E-state index < -0.39 is 17.6 Å². The molecule has 2 N–H and O–H groups in total. The minimum atomic E-state index is -0.826. The topological polar surface area (TPSA) is 40.2 Å². The van der Waals surface area contributed by atoms with E-state index in [4.69, 9.17) is 11.6 Å². The minimum Gasteiger partial charge on any atom is -0.370 e. The molecule has 3 heterocycles. The van der Waals surface area contributed by atoms with Crippen LogP contribution in [0.3, 0.4) is 0 Å². The largest absolute Gasteiger partial charge is 0.370 e. The number of anilines is 2. The van der Waals surface area contributed by atoms with Crippen molar-refractivity contribution in [3.63, 3.8) is 0 Å². The van der Waals surface area contributed by atoms with Gasteiger partial charge in [0.05, 0.1) is 5.69 Å². The lowest BCUT2D eigenvalue weighted by Gasteiger charge is -2.23. The van der Waals surface area contributed by atoms with Crippen LogP contribution in [0, 0.1) is 23.5 Å². The highest BCUT2D eigenvalue weighted by atomic mass is 35.5. The number of hydrogen-bond donors (Lipinski definition) is 2. The van der Waals surface area contributed by atoms with E-state index in [9.17, 15) is 13.2 Å². The molecule has 0 saturated carbocycles. The van der Waals surface area contributed by atoms with Gasteiger partial charge in [0.25, 0.3) is 0 Å². The van der Waals surface area contributed by atoms with Gasteiger partial charge in [-0.1, -0.05) is 17.7 Å². The maximum Gasteiger partial charge on any atom is 0.214 e. The second-order valence-electron chi connectivity index (χ2n) is 7.08. The van der Waals surface area contributed by atoms with Crippen LogP contribution >= 0.6 is 23.5 Å². The predicted octanol–water partition coefficient (Wildman–Crippen LogP) is 4.85. The summed E-state index contributed by atoms with van der Waals surface area (Å²) in [5.41, 5.74) is 0.380. The fourth-order valence-corrected chi connectivity index (χ4v) is 4.90. The van der Waals surface area contributed by atoms with Gasteiger partial charge < -0.3 is 14.9 Å². The zero-order chi connectivity index (χ0) is 19.7. The second kappa shape index (κ2) is 8.39. The van der Waals surface area contributed by atoms with Crippen molar-refractivity contribution < 1.29 is 13.2 Å². The Morgan fingerprint density at radius 2 is 2.11 bits per heavy atom. The number of nitrogens with one attached hydrogen (secondary N) is 2. The molecule has 4 nitrogen and oxygen atoms in total. The number of hydrogen-bond acceptors (Lipinski definition) is 5. The lowest BCUT2D eigenvalue weighted by molar-refractivity contribution is 0.422. The first-order valence-corrected chi connectivity index (χ1v) is 10.4. The number of rotatable bonds is 5. The summed E-state index contributed by atoms with van der Waals surface area (Å²) in [6, 6.07) is 5.89. The third kappa shape index (κ3) is 4.04. The molecule has 9 heteroatoms. The van der Waals surface area contributed by atoms with Gasteiger partial charge in [-0.15, -0.1) is 0 Å². The van der Waals surface area contributed by atoms with Gasteiger partial charge in [0.2, 0.25) is 5.95 Å². The first kappa shape index (κ1) is 19.7. The molecule has 0 amide bonds. The molecule has 2 atom stereocenters. The molecule has 2 unspecified atom stereocenters. The summed E-state index contributed by atoms with van der Waals surface area (Å²) in [5.74, 6) is -1.60. The quantitative estimate of drug-likeness (QED) is 0.404. The second-order valence-corrected chi connectivity index (χ2v) is 8.28.